The zero-order chi connectivity index (χ0) is 16.1. The number of rotatable bonds is 5. The van der Waals surface area contributed by atoms with Gasteiger partial charge in [-0.25, -0.2) is 9.97 Å². The zero-order valence-corrected chi connectivity index (χ0v) is 13.9. The van der Waals surface area contributed by atoms with E-state index in [1.807, 2.05) is 24.3 Å². The summed E-state index contributed by atoms with van der Waals surface area (Å²) in [6.07, 6.45) is 10.6. The molecular weight excluding hydrogens is 306 g/mol. The first-order valence-corrected chi connectivity index (χ1v) is 8.82. The number of fused-ring (bicyclic) bond motifs is 1. The lowest BCUT2D eigenvalue weighted by molar-refractivity contribution is 0.152. The Balaban J connectivity index is 1.59. The standard InChI is InChI=1S/C18H21N3OS/c1-13-5-4-6-14(10-9-13)21-17(22)11-23-18-15-7-2-3-8-16(15)19-12-20-18/h2-5,7-10,12-14,17,21-22H,6,11H2,1H3. The number of aliphatic hydroxyl groups is 1. The number of thioether (sulfide) groups is 1. The average Bonchev–Trinajstić information content (AvgIpc) is 2.77. The van der Waals surface area contributed by atoms with Crippen LogP contribution in [0.3, 0.4) is 0 Å². The Hall–Kier alpha value is -1.69. The molecule has 0 bridgehead atoms. The van der Waals surface area contributed by atoms with Crippen LogP contribution in [-0.2, 0) is 0 Å². The molecule has 0 aliphatic heterocycles. The second-order valence-corrected chi connectivity index (χ2v) is 6.71. The van der Waals surface area contributed by atoms with Crippen LogP contribution in [0.1, 0.15) is 13.3 Å². The summed E-state index contributed by atoms with van der Waals surface area (Å²) in [6.45, 7) is 2.15. The maximum absolute atomic E-state index is 10.3. The van der Waals surface area contributed by atoms with Gasteiger partial charge < -0.3 is 5.11 Å². The number of nitrogens with zero attached hydrogens (tertiary/aromatic N) is 2. The topological polar surface area (TPSA) is 58.0 Å². The molecule has 0 fully saturated rings. The Morgan fingerprint density at radius 2 is 2.13 bits per heavy atom. The maximum Gasteiger partial charge on any atom is 0.117 e. The van der Waals surface area contributed by atoms with Crippen molar-refractivity contribution in [2.45, 2.75) is 30.6 Å². The molecule has 5 heteroatoms. The van der Waals surface area contributed by atoms with E-state index >= 15 is 0 Å². The molecule has 2 aromatic rings. The Morgan fingerprint density at radius 3 is 3.04 bits per heavy atom. The lowest BCUT2D eigenvalue weighted by atomic mass is 10.2. The van der Waals surface area contributed by atoms with Crippen LogP contribution in [-0.4, -0.2) is 33.1 Å². The SMILES string of the molecule is CC1C=CCC(NC(O)CSc2ncnc3ccccc23)C=C1. The summed E-state index contributed by atoms with van der Waals surface area (Å²) in [5.41, 5.74) is 0.929. The highest BCUT2D eigenvalue weighted by molar-refractivity contribution is 7.99. The van der Waals surface area contributed by atoms with Crippen molar-refractivity contribution in [1.82, 2.24) is 15.3 Å². The number of allylic oxidation sites excluding steroid dienone is 2. The molecular formula is C18H21N3OS. The van der Waals surface area contributed by atoms with Crippen molar-refractivity contribution in [3.63, 3.8) is 0 Å². The van der Waals surface area contributed by atoms with Gasteiger partial charge in [-0.15, -0.1) is 11.8 Å². The summed E-state index contributed by atoms with van der Waals surface area (Å²) in [7, 11) is 0. The molecule has 2 N–H and O–H groups in total. The first-order valence-electron chi connectivity index (χ1n) is 7.84. The number of hydrogen-bond acceptors (Lipinski definition) is 5. The monoisotopic (exact) mass is 327 g/mol. The molecule has 4 nitrogen and oxygen atoms in total. The van der Waals surface area contributed by atoms with Gasteiger partial charge in [0.15, 0.2) is 0 Å². The highest BCUT2D eigenvalue weighted by atomic mass is 32.2. The Bertz CT molecular complexity index is 711. The van der Waals surface area contributed by atoms with Crippen LogP contribution in [0.5, 0.6) is 0 Å². The van der Waals surface area contributed by atoms with Gasteiger partial charge in [0.1, 0.15) is 17.6 Å². The molecule has 1 aromatic carbocycles. The van der Waals surface area contributed by atoms with E-state index < -0.39 is 6.23 Å². The molecule has 0 spiro atoms. The molecule has 0 amide bonds. The molecule has 1 aromatic heterocycles. The number of benzene rings is 1. The largest absolute Gasteiger partial charge is 0.378 e. The average molecular weight is 327 g/mol. The number of para-hydroxylation sites is 1. The number of hydrogen-bond donors (Lipinski definition) is 2. The van der Waals surface area contributed by atoms with Gasteiger partial charge in [-0.2, -0.15) is 0 Å². The predicted octanol–water partition coefficient (Wildman–Crippen LogP) is 3.15. The molecule has 3 unspecified atom stereocenters. The van der Waals surface area contributed by atoms with Crippen LogP contribution < -0.4 is 5.32 Å². The Morgan fingerprint density at radius 1 is 1.26 bits per heavy atom. The third kappa shape index (κ3) is 4.41. The maximum atomic E-state index is 10.3. The van der Waals surface area contributed by atoms with Gasteiger partial charge in [0, 0.05) is 17.2 Å². The number of aliphatic hydroxyl groups excluding tert-OH is 1. The minimum absolute atomic E-state index is 0.175. The molecule has 1 heterocycles. The van der Waals surface area contributed by atoms with Gasteiger partial charge in [0.2, 0.25) is 0 Å². The van der Waals surface area contributed by atoms with Crippen molar-refractivity contribution in [3.05, 3.63) is 54.9 Å². The summed E-state index contributed by atoms with van der Waals surface area (Å²) in [6, 6.07) is 8.10. The van der Waals surface area contributed by atoms with Crippen molar-refractivity contribution in [2.24, 2.45) is 5.92 Å². The van der Waals surface area contributed by atoms with E-state index in [0.29, 0.717) is 11.7 Å². The summed E-state index contributed by atoms with van der Waals surface area (Å²) in [5, 5.41) is 15.4. The minimum Gasteiger partial charge on any atom is -0.378 e. The summed E-state index contributed by atoms with van der Waals surface area (Å²) in [5.74, 6) is 1.01. The lowest BCUT2D eigenvalue weighted by Gasteiger charge is -2.18. The fourth-order valence-electron chi connectivity index (χ4n) is 2.56. The minimum atomic E-state index is -0.579. The van der Waals surface area contributed by atoms with Crippen LogP contribution in [0.15, 0.2) is 59.9 Å². The van der Waals surface area contributed by atoms with Crippen LogP contribution in [0.4, 0.5) is 0 Å². The van der Waals surface area contributed by atoms with E-state index in [1.165, 1.54) is 0 Å². The number of aromatic nitrogens is 2. The molecule has 0 radical (unpaired) electrons. The van der Waals surface area contributed by atoms with Gasteiger partial charge in [-0.05, 0) is 18.4 Å². The molecule has 0 saturated carbocycles. The van der Waals surface area contributed by atoms with E-state index in [2.05, 4.69) is 46.5 Å². The van der Waals surface area contributed by atoms with Gasteiger partial charge in [-0.1, -0.05) is 49.4 Å². The van der Waals surface area contributed by atoms with Gasteiger partial charge >= 0.3 is 0 Å². The Labute approximate surface area is 140 Å². The van der Waals surface area contributed by atoms with Gasteiger partial charge in [0.25, 0.3) is 0 Å². The van der Waals surface area contributed by atoms with Crippen molar-refractivity contribution < 1.29 is 5.11 Å². The third-order valence-corrected chi connectivity index (χ3v) is 4.85. The van der Waals surface area contributed by atoms with Gasteiger partial charge in [0.05, 0.1) is 5.52 Å². The Kier molecular flexibility index (Phi) is 5.43. The highest BCUT2D eigenvalue weighted by Crippen LogP contribution is 2.24. The van der Waals surface area contributed by atoms with Crippen LogP contribution >= 0.6 is 11.8 Å². The normalized spacial score (nSPS) is 22.2. The molecule has 0 saturated heterocycles. The first kappa shape index (κ1) is 16.2. The van der Waals surface area contributed by atoms with Crippen molar-refractivity contribution in [3.8, 4) is 0 Å². The fourth-order valence-corrected chi connectivity index (χ4v) is 3.43. The van der Waals surface area contributed by atoms with Crippen molar-refractivity contribution in [1.29, 1.82) is 0 Å². The molecule has 1 aliphatic rings. The van der Waals surface area contributed by atoms with E-state index in [0.717, 1.165) is 22.3 Å². The van der Waals surface area contributed by atoms with E-state index in [4.69, 9.17) is 0 Å². The van der Waals surface area contributed by atoms with E-state index in [-0.39, 0.29) is 6.04 Å². The van der Waals surface area contributed by atoms with Crippen LogP contribution in [0, 0.1) is 5.92 Å². The number of nitrogens with one attached hydrogen (secondary N) is 1. The van der Waals surface area contributed by atoms with Crippen LogP contribution in [0.25, 0.3) is 10.9 Å². The summed E-state index contributed by atoms with van der Waals surface area (Å²) >= 11 is 1.55. The van der Waals surface area contributed by atoms with Crippen LogP contribution in [0.2, 0.25) is 0 Å². The quantitative estimate of drug-likeness (QED) is 0.382. The first-order chi connectivity index (χ1) is 11.2. The lowest BCUT2D eigenvalue weighted by Crippen LogP contribution is -2.38. The van der Waals surface area contributed by atoms with Gasteiger partial charge in [-0.3, -0.25) is 5.32 Å². The second kappa shape index (κ2) is 7.73. The van der Waals surface area contributed by atoms with E-state index in [9.17, 15) is 5.11 Å². The smallest absolute Gasteiger partial charge is 0.117 e. The summed E-state index contributed by atoms with van der Waals surface area (Å²) in [4.78, 5) is 8.60. The zero-order valence-electron chi connectivity index (χ0n) is 13.1. The van der Waals surface area contributed by atoms with Crippen molar-refractivity contribution in [2.75, 3.05) is 5.75 Å². The molecule has 1 aliphatic carbocycles. The fraction of sp³-hybridized carbons (Fsp3) is 0.333. The molecule has 3 atom stereocenters. The van der Waals surface area contributed by atoms with E-state index in [1.54, 1.807) is 18.1 Å². The third-order valence-electron chi connectivity index (χ3n) is 3.77. The molecule has 3 rings (SSSR count). The highest BCUT2D eigenvalue weighted by Gasteiger charge is 2.13. The van der Waals surface area contributed by atoms with Crippen molar-refractivity contribution >= 4 is 22.7 Å². The molecule has 120 valence electrons. The second-order valence-electron chi connectivity index (χ2n) is 5.70. The molecule has 23 heavy (non-hydrogen) atoms. The summed E-state index contributed by atoms with van der Waals surface area (Å²) < 4.78 is 0. The predicted molar refractivity (Wildman–Crippen MR) is 95.3 cm³/mol.